The highest BCUT2D eigenvalue weighted by Gasteiger charge is 2.22. The van der Waals surface area contributed by atoms with Crippen molar-refractivity contribution in [3.05, 3.63) is 21.5 Å². The Morgan fingerprint density at radius 1 is 1.52 bits per heavy atom. The van der Waals surface area contributed by atoms with Gasteiger partial charge in [0.25, 0.3) is 0 Å². The summed E-state index contributed by atoms with van der Waals surface area (Å²) in [5.74, 6) is 0. The fraction of sp³-hybridized carbons (Fsp3) is 0.769. The molecule has 1 aromatic rings. The van der Waals surface area contributed by atoms with Gasteiger partial charge in [0, 0.05) is 19.6 Å². The third-order valence-corrected chi connectivity index (χ3v) is 3.50. The molecule has 2 N–H and O–H groups in total. The fourth-order valence-electron chi connectivity index (χ4n) is 2.09. The number of aromatic nitrogens is 2. The van der Waals surface area contributed by atoms with Gasteiger partial charge in [-0.1, -0.05) is 6.92 Å². The van der Waals surface area contributed by atoms with Gasteiger partial charge in [-0.05, 0) is 27.4 Å². The molecular formula is C13H25N5O3. The zero-order valence-electron chi connectivity index (χ0n) is 13.2. The second-order valence-electron chi connectivity index (χ2n) is 5.21. The van der Waals surface area contributed by atoms with Crippen molar-refractivity contribution < 1.29 is 10.0 Å². The predicted octanol–water partition coefficient (Wildman–Crippen LogP) is 0.310. The topological polar surface area (TPSA) is 96.5 Å². The molecule has 0 bridgehead atoms. The lowest BCUT2D eigenvalue weighted by molar-refractivity contribution is -0.386. The first-order valence-corrected chi connectivity index (χ1v) is 7.12. The molecule has 0 saturated carbocycles. The lowest BCUT2D eigenvalue weighted by Gasteiger charge is -2.16. The molecule has 1 rings (SSSR count). The SMILES string of the molecule is CCN(C)CCNCC(O)Cn1nc(C)c([N+](=O)[O-])c1C. The van der Waals surface area contributed by atoms with Gasteiger partial charge in [0.15, 0.2) is 0 Å². The van der Waals surface area contributed by atoms with Crippen molar-refractivity contribution in [1.82, 2.24) is 20.0 Å². The van der Waals surface area contributed by atoms with Crippen LogP contribution in [0.4, 0.5) is 5.69 Å². The first-order valence-electron chi connectivity index (χ1n) is 7.12. The van der Waals surface area contributed by atoms with Gasteiger partial charge in [0.1, 0.15) is 11.4 Å². The maximum Gasteiger partial charge on any atom is 0.312 e. The largest absolute Gasteiger partial charge is 0.390 e. The molecule has 8 nitrogen and oxygen atoms in total. The number of rotatable bonds is 9. The smallest absolute Gasteiger partial charge is 0.312 e. The predicted molar refractivity (Wildman–Crippen MR) is 80.4 cm³/mol. The zero-order chi connectivity index (χ0) is 16.0. The van der Waals surface area contributed by atoms with Gasteiger partial charge in [-0.3, -0.25) is 14.8 Å². The highest BCUT2D eigenvalue weighted by Crippen LogP contribution is 2.21. The molecule has 0 aromatic carbocycles. The summed E-state index contributed by atoms with van der Waals surface area (Å²) in [6, 6.07) is 0. The molecule has 0 saturated heterocycles. The molecule has 8 heteroatoms. The van der Waals surface area contributed by atoms with Crippen LogP contribution in [0.5, 0.6) is 0 Å². The first kappa shape index (κ1) is 17.5. The van der Waals surface area contributed by atoms with Gasteiger partial charge in [-0.2, -0.15) is 5.10 Å². The molecule has 1 aromatic heterocycles. The summed E-state index contributed by atoms with van der Waals surface area (Å²) in [6.07, 6.45) is -0.630. The molecule has 0 amide bonds. The average molecular weight is 299 g/mol. The number of aliphatic hydroxyl groups excluding tert-OH is 1. The highest BCUT2D eigenvalue weighted by molar-refractivity contribution is 5.39. The molecule has 0 aliphatic heterocycles. The number of aryl methyl sites for hydroxylation is 1. The summed E-state index contributed by atoms with van der Waals surface area (Å²) in [5.41, 5.74) is 0.879. The van der Waals surface area contributed by atoms with E-state index < -0.39 is 11.0 Å². The molecule has 1 unspecified atom stereocenters. The van der Waals surface area contributed by atoms with Gasteiger partial charge >= 0.3 is 5.69 Å². The number of hydrogen-bond acceptors (Lipinski definition) is 6. The quantitative estimate of drug-likeness (QED) is 0.387. The summed E-state index contributed by atoms with van der Waals surface area (Å²) in [6.45, 7) is 8.71. The minimum absolute atomic E-state index is 0.0275. The van der Waals surface area contributed by atoms with E-state index in [1.54, 1.807) is 13.8 Å². The van der Waals surface area contributed by atoms with Crippen LogP contribution < -0.4 is 5.32 Å². The Kier molecular flexibility index (Phi) is 6.73. The fourth-order valence-corrected chi connectivity index (χ4v) is 2.09. The Morgan fingerprint density at radius 2 is 2.19 bits per heavy atom. The molecule has 120 valence electrons. The molecular weight excluding hydrogens is 274 g/mol. The number of aliphatic hydroxyl groups is 1. The number of likely N-dealkylation sites (N-methyl/N-ethyl adjacent to an activating group) is 1. The second kappa shape index (κ2) is 8.06. The van der Waals surface area contributed by atoms with E-state index in [-0.39, 0.29) is 12.2 Å². The second-order valence-corrected chi connectivity index (χ2v) is 5.21. The van der Waals surface area contributed by atoms with Crippen LogP contribution in [-0.4, -0.2) is 64.0 Å². The summed E-state index contributed by atoms with van der Waals surface area (Å²) in [5, 5.41) is 28.2. The molecule has 1 atom stereocenters. The molecule has 0 aliphatic rings. The van der Waals surface area contributed by atoms with Crippen molar-refractivity contribution in [2.75, 3.05) is 33.2 Å². The van der Waals surface area contributed by atoms with E-state index in [1.165, 1.54) is 4.68 Å². The number of nitrogens with one attached hydrogen (secondary N) is 1. The van der Waals surface area contributed by atoms with Gasteiger partial charge in [0.05, 0.1) is 17.6 Å². The third kappa shape index (κ3) is 5.07. The van der Waals surface area contributed by atoms with Gasteiger partial charge in [0.2, 0.25) is 0 Å². The minimum atomic E-state index is -0.630. The number of nitro groups is 1. The standard InChI is InChI=1S/C13H25N5O3/c1-5-16(4)7-6-14-8-12(19)9-17-11(3)13(18(20)21)10(2)15-17/h12,14,19H,5-9H2,1-4H3. The molecule has 21 heavy (non-hydrogen) atoms. The number of nitrogens with zero attached hydrogens (tertiary/aromatic N) is 4. The Bertz CT molecular complexity index is 475. The number of hydrogen-bond donors (Lipinski definition) is 2. The Labute approximate surface area is 124 Å². The Balaban J connectivity index is 2.47. The van der Waals surface area contributed by atoms with Gasteiger partial charge < -0.3 is 15.3 Å². The molecule has 0 aliphatic carbocycles. The molecule has 0 fully saturated rings. The van der Waals surface area contributed by atoms with E-state index in [0.29, 0.717) is 17.9 Å². The minimum Gasteiger partial charge on any atom is -0.390 e. The summed E-state index contributed by atoms with van der Waals surface area (Å²) >= 11 is 0. The summed E-state index contributed by atoms with van der Waals surface area (Å²) in [7, 11) is 2.03. The molecule has 1 heterocycles. The summed E-state index contributed by atoms with van der Waals surface area (Å²) < 4.78 is 1.50. The Hall–Kier alpha value is -1.51. The van der Waals surface area contributed by atoms with Crippen LogP contribution in [0.15, 0.2) is 0 Å². The van der Waals surface area contributed by atoms with Crippen LogP contribution in [0.2, 0.25) is 0 Å². The van der Waals surface area contributed by atoms with Crippen LogP contribution in [-0.2, 0) is 6.54 Å². The first-order chi connectivity index (χ1) is 9.86. The van der Waals surface area contributed by atoms with Gasteiger partial charge in [-0.15, -0.1) is 0 Å². The van der Waals surface area contributed by atoms with Crippen LogP contribution >= 0.6 is 0 Å². The lowest BCUT2D eigenvalue weighted by atomic mass is 10.3. The van der Waals surface area contributed by atoms with Crippen molar-refractivity contribution in [2.45, 2.75) is 33.4 Å². The van der Waals surface area contributed by atoms with Crippen LogP contribution in [0.3, 0.4) is 0 Å². The van der Waals surface area contributed by atoms with Crippen LogP contribution in [0, 0.1) is 24.0 Å². The van der Waals surface area contributed by atoms with Crippen molar-refractivity contribution in [3.8, 4) is 0 Å². The summed E-state index contributed by atoms with van der Waals surface area (Å²) in [4.78, 5) is 12.7. The van der Waals surface area contributed by atoms with E-state index >= 15 is 0 Å². The Morgan fingerprint density at radius 3 is 2.71 bits per heavy atom. The molecule has 0 spiro atoms. The molecule has 0 radical (unpaired) electrons. The lowest BCUT2D eigenvalue weighted by Crippen LogP contribution is -2.35. The van der Waals surface area contributed by atoms with E-state index in [9.17, 15) is 15.2 Å². The van der Waals surface area contributed by atoms with Crippen molar-refractivity contribution in [1.29, 1.82) is 0 Å². The van der Waals surface area contributed by atoms with Crippen LogP contribution in [0.25, 0.3) is 0 Å². The normalized spacial score (nSPS) is 12.9. The third-order valence-electron chi connectivity index (χ3n) is 3.50. The van der Waals surface area contributed by atoms with E-state index in [4.69, 9.17) is 0 Å². The maximum atomic E-state index is 10.9. The highest BCUT2D eigenvalue weighted by atomic mass is 16.6. The van der Waals surface area contributed by atoms with Crippen molar-refractivity contribution >= 4 is 5.69 Å². The van der Waals surface area contributed by atoms with Gasteiger partial charge in [-0.25, -0.2) is 0 Å². The van der Waals surface area contributed by atoms with Crippen molar-refractivity contribution in [2.24, 2.45) is 0 Å². The van der Waals surface area contributed by atoms with E-state index in [0.717, 1.165) is 19.6 Å². The van der Waals surface area contributed by atoms with Crippen molar-refractivity contribution in [3.63, 3.8) is 0 Å². The maximum absolute atomic E-state index is 10.9. The van der Waals surface area contributed by atoms with E-state index in [1.807, 2.05) is 7.05 Å². The average Bonchev–Trinajstić information content (AvgIpc) is 2.69. The van der Waals surface area contributed by atoms with Crippen LogP contribution in [0.1, 0.15) is 18.3 Å². The zero-order valence-corrected chi connectivity index (χ0v) is 13.2. The monoisotopic (exact) mass is 299 g/mol. The van der Waals surface area contributed by atoms with E-state index in [2.05, 4.69) is 22.2 Å².